The lowest BCUT2D eigenvalue weighted by Gasteiger charge is -2.34. The molecule has 0 unspecified atom stereocenters. The van der Waals surface area contributed by atoms with Gasteiger partial charge in [-0.3, -0.25) is 4.79 Å². The summed E-state index contributed by atoms with van der Waals surface area (Å²) in [4.78, 5) is 14.1. The van der Waals surface area contributed by atoms with E-state index in [1.165, 1.54) is 0 Å². The van der Waals surface area contributed by atoms with Crippen molar-refractivity contribution in [3.63, 3.8) is 0 Å². The highest BCUT2D eigenvalue weighted by atomic mass is 16.5. The van der Waals surface area contributed by atoms with Gasteiger partial charge in [-0.2, -0.15) is 0 Å². The zero-order valence-corrected chi connectivity index (χ0v) is 11.1. The number of hydrogen-bond donors (Lipinski definition) is 1. The molecule has 1 heterocycles. The van der Waals surface area contributed by atoms with Crippen LogP contribution in [0.25, 0.3) is 0 Å². The van der Waals surface area contributed by atoms with Crippen LogP contribution in [0.4, 0.5) is 0 Å². The number of rotatable bonds is 4. The van der Waals surface area contributed by atoms with E-state index in [0.29, 0.717) is 26.3 Å². The van der Waals surface area contributed by atoms with Crippen molar-refractivity contribution in [1.29, 1.82) is 0 Å². The van der Waals surface area contributed by atoms with E-state index in [-0.39, 0.29) is 12.0 Å². The first-order valence-electron chi connectivity index (χ1n) is 6.42. The molecule has 104 valence electrons. The molecule has 0 aromatic heterocycles. The summed E-state index contributed by atoms with van der Waals surface area (Å²) in [7, 11) is 1.62. The van der Waals surface area contributed by atoms with E-state index in [1.54, 1.807) is 12.0 Å². The second kappa shape index (κ2) is 6.65. The molecule has 0 spiro atoms. The van der Waals surface area contributed by atoms with Crippen molar-refractivity contribution in [1.82, 2.24) is 4.90 Å². The SMILES string of the molecule is COC[C@@H]1CN(C(=O)[C@@H](N)c2ccccc2)CCO1. The molecule has 19 heavy (non-hydrogen) atoms. The van der Waals surface area contributed by atoms with E-state index >= 15 is 0 Å². The molecular formula is C14H20N2O3. The lowest BCUT2D eigenvalue weighted by atomic mass is 10.1. The van der Waals surface area contributed by atoms with E-state index in [9.17, 15) is 4.79 Å². The largest absolute Gasteiger partial charge is 0.382 e. The molecule has 1 saturated heterocycles. The molecular weight excluding hydrogens is 244 g/mol. The first kappa shape index (κ1) is 14.0. The van der Waals surface area contributed by atoms with Gasteiger partial charge in [-0.05, 0) is 5.56 Å². The highest BCUT2D eigenvalue weighted by Gasteiger charge is 2.28. The Hall–Kier alpha value is -1.43. The number of amides is 1. The van der Waals surface area contributed by atoms with Gasteiger partial charge in [0.05, 0.1) is 19.3 Å². The van der Waals surface area contributed by atoms with E-state index in [0.717, 1.165) is 5.56 Å². The molecule has 1 aromatic rings. The van der Waals surface area contributed by atoms with Crippen molar-refractivity contribution in [2.45, 2.75) is 12.1 Å². The van der Waals surface area contributed by atoms with Crippen LogP contribution < -0.4 is 5.73 Å². The molecule has 1 fully saturated rings. The second-order valence-corrected chi connectivity index (χ2v) is 4.62. The molecule has 5 heteroatoms. The Morgan fingerprint density at radius 2 is 2.26 bits per heavy atom. The van der Waals surface area contributed by atoms with E-state index in [2.05, 4.69) is 0 Å². The summed E-state index contributed by atoms with van der Waals surface area (Å²) in [6, 6.07) is 8.81. The van der Waals surface area contributed by atoms with Crippen molar-refractivity contribution < 1.29 is 14.3 Å². The fourth-order valence-corrected chi connectivity index (χ4v) is 2.21. The van der Waals surface area contributed by atoms with E-state index < -0.39 is 6.04 Å². The standard InChI is InChI=1S/C14H20N2O3/c1-18-10-12-9-16(7-8-19-12)14(17)13(15)11-5-3-2-4-6-11/h2-6,12-13H,7-10,15H2,1H3/t12-,13-/m0/s1. The molecule has 1 aliphatic heterocycles. The van der Waals surface area contributed by atoms with Crippen LogP contribution >= 0.6 is 0 Å². The number of hydrogen-bond acceptors (Lipinski definition) is 4. The quantitative estimate of drug-likeness (QED) is 0.863. The number of morpholine rings is 1. The third-order valence-electron chi connectivity index (χ3n) is 3.23. The van der Waals surface area contributed by atoms with Crippen molar-refractivity contribution in [3.8, 4) is 0 Å². The summed E-state index contributed by atoms with van der Waals surface area (Å²) in [5.74, 6) is -0.0596. The first-order chi connectivity index (χ1) is 9.22. The van der Waals surface area contributed by atoms with Crippen LogP contribution in [0, 0.1) is 0 Å². The first-order valence-corrected chi connectivity index (χ1v) is 6.42. The Balaban J connectivity index is 1.99. The van der Waals surface area contributed by atoms with Crippen LogP contribution in [0.15, 0.2) is 30.3 Å². The van der Waals surface area contributed by atoms with Crippen molar-refractivity contribution in [3.05, 3.63) is 35.9 Å². The molecule has 0 bridgehead atoms. The normalized spacial score (nSPS) is 21.2. The van der Waals surface area contributed by atoms with Gasteiger partial charge < -0.3 is 20.1 Å². The summed E-state index contributed by atoms with van der Waals surface area (Å²) in [6.07, 6.45) is -0.0642. The number of carbonyl (C=O) groups excluding carboxylic acids is 1. The van der Waals surface area contributed by atoms with E-state index in [4.69, 9.17) is 15.2 Å². The number of methoxy groups -OCH3 is 1. The molecule has 1 aliphatic rings. The van der Waals surface area contributed by atoms with Crippen LogP contribution in [0.1, 0.15) is 11.6 Å². The van der Waals surface area contributed by atoms with E-state index in [1.807, 2.05) is 30.3 Å². The molecule has 2 N–H and O–H groups in total. The maximum Gasteiger partial charge on any atom is 0.244 e. The third-order valence-corrected chi connectivity index (χ3v) is 3.23. The van der Waals surface area contributed by atoms with Gasteiger partial charge in [-0.15, -0.1) is 0 Å². The maximum atomic E-state index is 12.4. The number of benzene rings is 1. The molecule has 0 saturated carbocycles. The van der Waals surface area contributed by atoms with Gasteiger partial charge in [0.25, 0.3) is 0 Å². The molecule has 0 radical (unpaired) electrons. The highest BCUT2D eigenvalue weighted by Crippen LogP contribution is 2.15. The predicted octanol–water partition coefficient (Wildman–Crippen LogP) is 0.560. The second-order valence-electron chi connectivity index (χ2n) is 4.62. The summed E-state index contributed by atoms with van der Waals surface area (Å²) in [6.45, 7) is 2.14. The number of carbonyl (C=O) groups is 1. The van der Waals surface area contributed by atoms with Gasteiger partial charge in [0, 0.05) is 20.2 Å². The van der Waals surface area contributed by atoms with Crippen molar-refractivity contribution >= 4 is 5.91 Å². The monoisotopic (exact) mass is 264 g/mol. The fraction of sp³-hybridized carbons (Fsp3) is 0.500. The molecule has 2 atom stereocenters. The summed E-state index contributed by atoms with van der Waals surface area (Å²) in [5, 5.41) is 0. The summed E-state index contributed by atoms with van der Waals surface area (Å²) in [5.41, 5.74) is 6.86. The maximum absolute atomic E-state index is 12.4. The Kier molecular flexibility index (Phi) is 4.90. The van der Waals surface area contributed by atoms with Gasteiger partial charge in [-0.1, -0.05) is 30.3 Å². The Labute approximate surface area is 113 Å². The van der Waals surface area contributed by atoms with Gasteiger partial charge in [-0.25, -0.2) is 0 Å². The number of nitrogens with two attached hydrogens (primary N) is 1. The number of ether oxygens (including phenoxy) is 2. The highest BCUT2D eigenvalue weighted by molar-refractivity contribution is 5.83. The minimum absolute atomic E-state index is 0.0596. The summed E-state index contributed by atoms with van der Waals surface area (Å²) < 4.78 is 10.6. The molecule has 2 rings (SSSR count). The van der Waals surface area contributed by atoms with Crippen LogP contribution in [0.5, 0.6) is 0 Å². The van der Waals surface area contributed by atoms with Crippen LogP contribution in [-0.4, -0.2) is 50.3 Å². The Bertz CT molecular complexity index is 408. The zero-order valence-electron chi connectivity index (χ0n) is 11.1. The predicted molar refractivity (Wildman–Crippen MR) is 71.6 cm³/mol. The minimum Gasteiger partial charge on any atom is -0.382 e. The van der Waals surface area contributed by atoms with Crippen LogP contribution in [-0.2, 0) is 14.3 Å². The molecule has 5 nitrogen and oxygen atoms in total. The average molecular weight is 264 g/mol. The van der Waals surface area contributed by atoms with Gasteiger partial charge in [0.15, 0.2) is 0 Å². The third kappa shape index (κ3) is 3.53. The molecule has 1 amide bonds. The van der Waals surface area contributed by atoms with Crippen molar-refractivity contribution in [2.24, 2.45) is 5.73 Å². The summed E-state index contributed by atoms with van der Waals surface area (Å²) >= 11 is 0. The smallest absolute Gasteiger partial charge is 0.244 e. The fourth-order valence-electron chi connectivity index (χ4n) is 2.21. The Morgan fingerprint density at radius 3 is 2.95 bits per heavy atom. The molecule has 0 aliphatic carbocycles. The van der Waals surface area contributed by atoms with Gasteiger partial charge >= 0.3 is 0 Å². The van der Waals surface area contributed by atoms with Crippen molar-refractivity contribution in [2.75, 3.05) is 33.4 Å². The minimum atomic E-state index is -0.609. The van der Waals surface area contributed by atoms with Gasteiger partial charge in [0.2, 0.25) is 5.91 Å². The topological polar surface area (TPSA) is 64.8 Å². The van der Waals surface area contributed by atoms with Crippen LogP contribution in [0.2, 0.25) is 0 Å². The number of nitrogens with zero attached hydrogens (tertiary/aromatic N) is 1. The average Bonchev–Trinajstić information content (AvgIpc) is 2.47. The zero-order chi connectivity index (χ0) is 13.7. The van der Waals surface area contributed by atoms with Gasteiger partial charge in [0.1, 0.15) is 6.04 Å². The Morgan fingerprint density at radius 1 is 1.53 bits per heavy atom. The lowest BCUT2D eigenvalue weighted by Crippen LogP contribution is -2.49. The van der Waals surface area contributed by atoms with Crippen LogP contribution in [0.3, 0.4) is 0 Å². The lowest BCUT2D eigenvalue weighted by molar-refractivity contribution is -0.142. The molecule has 1 aromatic carbocycles.